The van der Waals surface area contributed by atoms with E-state index >= 15 is 0 Å². The zero-order chi connectivity index (χ0) is 23.6. The molecule has 3 aromatic rings. The molecule has 0 unspecified atom stereocenters. The zero-order valence-electron chi connectivity index (χ0n) is 16.8. The highest BCUT2D eigenvalue weighted by molar-refractivity contribution is 9.10. The number of nitro groups is 1. The van der Waals surface area contributed by atoms with E-state index in [9.17, 15) is 19.7 Å². The maximum absolute atomic E-state index is 13.1. The average molecular weight is 568 g/mol. The molecule has 0 saturated heterocycles. The number of halogens is 2. The summed E-state index contributed by atoms with van der Waals surface area (Å²) in [7, 11) is 0. The molecule has 0 atom stereocenters. The monoisotopic (exact) mass is 566 g/mol. The predicted octanol–water partition coefficient (Wildman–Crippen LogP) is 4.30. The highest BCUT2D eigenvalue weighted by Gasteiger charge is 2.21. The Bertz CT molecular complexity index is 1320. The van der Waals surface area contributed by atoms with Crippen molar-refractivity contribution < 1.29 is 19.6 Å². The number of fused-ring (bicyclic) bond motifs is 1. The normalized spacial score (nSPS) is 11.4. The van der Waals surface area contributed by atoms with Gasteiger partial charge in [0.15, 0.2) is 6.61 Å². The van der Waals surface area contributed by atoms with Gasteiger partial charge in [0.05, 0.1) is 26.5 Å². The van der Waals surface area contributed by atoms with Gasteiger partial charge < -0.3 is 9.84 Å². The van der Waals surface area contributed by atoms with Crippen LogP contribution in [0.5, 0.6) is 5.75 Å². The summed E-state index contributed by atoms with van der Waals surface area (Å²) in [5, 5.41) is 24.9. The standard InChI is InChI=1S/C20H16Br2N4O6/c1-10(2)19-24-15-4-3-12(21)7-13(15)20(29)25(19)23-8-11-5-14(22)18(32-9-17(27)28)16(6-11)26(30)31/h3-8,10H,9H2,1-2H3,(H,27,28). The molecule has 0 spiro atoms. The van der Waals surface area contributed by atoms with Crippen molar-refractivity contribution in [3.63, 3.8) is 0 Å². The first-order chi connectivity index (χ1) is 15.1. The van der Waals surface area contributed by atoms with E-state index < -0.39 is 23.2 Å². The van der Waals surface area contributed by atoms with Crippen LogP contribution in [0.25, 0.3) is 10.9 Å². The topological polar surface area (TPSA) is 137 Å². The number of aromatic nitrogens is 2. The predicted molar refractivity (Wildman–Crippen MR) is 125 cm³/mol. The van der Waals surface area contributed by atoms with Crippen molar-refractivity contribution in [1.82, 2.24) is 9.66 Å². The van der Waals surface area contributed by atoms with Crippen LogP contribution in [0.15, 0.2) is 49.2 Å². The number of carboxylic acid groups (broad SMARTS) is 1. The summed E-state index contributed by atoms with van der Waals surface area (Å²) < 4.78 is 7.08. The van der Waals surface area contributed by atoms with E-state index in [1.165, 1.54) is 18.3 Å². The van der Waals surface area contributed by atoms with Gasteiger partial charge >= 0.3 is 11.7 Å². The molecule has 1 heterocycles. The first-order valence-corrected chi connectivity index (χ1v) is 10.8. The van der Waals surface area contributed by atoms with Crippen molar-refractivity contribution in [1.29, 1.82) is 0 Å². The molecule has 0 saturated carbocycles. The Kier molecular flexibility index (Phi) is 7.04. The summed E-state index contributed by atoms with van der Waals surface area (Å²) in [6.45, 7) is 3.00. The van der Waals surface area contributed by atoms with Gasteiger partial charge in [-0.05, 0) is 40.2 Å². The Balaban J connectivity index is 2.11. The lowest BCUT2D eigenvalue weighted by Crippen LogP contribution is -2.23. The number of benzene rings is 2. The molecule has 2 aromatic carbocycles. The number of nitrogens with zero attached hydrogens (tertiary/aromatic N) is 4. The van der Waals surface area contributed by atoms with E-state index in [1.807, 2.05) is 13.8 Å². The second-order valence-corrected chi connectivity index (χ2v) is 8.71. The SMILES string of the molecule is CC(C)c1nc2ccc(Br)cc2c(=O)n1N=Cc1cc(Br)c(OCC(=O)O)c([N+](=O)[O-])c1. The summed E-state index contributed by atoms with van der Waals surface area (Å²) in [4.78, 5) is 39.1. The maximum Gasteiger partial charge on any atom is 0.341 e. The van der Waals surface area contributed by atoms with Crippen LogP contribution in [0.4, 0.5) is 5.69 Å². The van der Waals surface area contributed by atoms with Gasteiger partial charge in [-0.15, -0.1) is 0 Å². The molecule has 3 rings (SSSR count). The lowest BCUT2D eigenvalue weighted by molar-refractivity contribution is -0.385. The molecular formula is C20H16Br2N4O6. The third-order valence-electron chi connectivity index (χ3n) is 4.26. The van der Waals surface area contributed by atoms with Crippen molar-refractivity contribution in [2.75, 3.05) is 6.61 Å². The van der Waals surface area contributed by atoms with Crippen molar-refractivity contribution in [2.45, 2.75) is 19.8 Å². The molecule has 166 valence electrons. The Labute approximate surface area is 197 Å². The van der Waals surface area contributed by atoms with Gasteiger partial charge in [0, 0.05) is 22.0 Å². The number of carbonyl (C=O) groups is 1. The van der Waals surface area contributed by atoms with Crippen LogP contribution in [0, 0.1) is 10.1 Å². The molecule has 32 heavy (non-hydrogen) atoms. The highest BCUT2D eigenvalue weighted by atomic mass is 79.9. The van der Waals surface area contributed by atoms with Crippen molar-refractivity contribution in [3.8, 4) is 5.75 Å². The minimum Gasteiger partial charge on any atom is -0.479 e. The number of hydrogen-bond donors (Lipinski definition) is 1. The first-order valence-electron chi connectivity index (χ1n) is 9.17. The van der Waals surface area contributed by atoms with Crippen LogP contribution in [0.2, 0.25) is 0 Å². The summed E-state index contributed by atoms with van der Waals surface area (Å²) in [5.41, 5.74) is -0.000779. The summed E-state index contributed by atoms with van der Waals surface area (Å²) >= 11 is 6.51. The zero-order valence-corrected chi connectivity index (χ0v) is 20.0. The minimum absolute atomic E-state index is 0.124. The lowest BCUT2D eigenvalue weighted by atomic mass is 10.2. The van der Waals surface area contributed by atoms with E-state index in [1.54, 1.807) is 18.2 Å². The van der Waals surface area contributed by atoms with Gasteiger partial charge in [0.1, 0.15) is 5.82 Å². The van der Waals surface area contributed by atoms with Crippen LogP contribution >= 0.6 is 31.9 Å². The third-order valence-corrected chi connectivity index (χ3v) is 5.34. The third kappa shape index (κ3) is 5.02. The summed E-state index contributed by atoms with van der Waals surface area (Å²) in [6.07, 6.45) is 1.29. The van der Waals surface area contributed by atoms with E-state index in [-0.39, 0.29) is 21.7 Å². The van der Waals surface area contributed by atoms with Gasteiger partial charge in [0.25, 0.3) is 5.56 Å². The molecule has 0 fully saturated rings. The Morgan fingerprint density at radius 1 is 1.34 bits per heavy atom. The van der Waals surface area contributed by atoms with Crippen LogP contribution in [0.3, 0.4) is 0 Å². The van der Waals surface area contributed by atoms with Crippen molar-refractivity contribution >= 4 is 60.6 Å². The molecule has 0 radical (unpaired) electrons. The van der Waals surface area contributed by atoms with Crippen LogP contribution in [0.1, 0.15) is 31.2 Å². The molecule has 0 aliphatic carbocycles. The Morgan fingerprint density at radius 2 is 2.06 bits per heavy atom. The fourth-order valence-corrected chi connectivity index (χ4v) is 3.80. The number of ether oxygens (including phenoxy) is 1. The molecule has 0 bridgehead atoms. The molecule has 1 N–H and O–H groups in total. The number of rotatable bonds is 7. The quantitative estimate of drug-likeness (QED) is 0.255. The van der Waals surface area contributed by atoms with E-state index in [4.69, 9.17) is 9.84 Å². The van der Waals surface area contributed by atoms with E-state index in [2.05, 4.69) is 41.9 Å². The average Bonchev–Trinajstić information content (AvgIpc) is 2.71. The smallest absolute Gasteiger partial charge is 0.341 e. The highest BCUT2D eigenvalue weighted by Crippen LogP contribution is 2.36. The van der Waals surface area contributed by atoms with Crippen molar-refractivity contribution in [2.24, 2.45) is 5.10 Å². The number of nitro benzene ring substituents is 1. The molecular weight excluding hydrogens is 552 g/mol. The van der Waals surface area contributed by atoms with Crippen molar-refractivity contribution in [3.05, 3.63) is 71.1 Å². The molecule has 1 aromatic heterocycles. The minimum atomic E-state index is -1.27. The summed E-state index contributed by atoms with van der Waals surface area (Å²) in [6, 6.07) is 7.82. The first kappa shape index (κ1) is 23.5. The van der Waals surface area contributed by atoms with Gasteiger partial charge in [-0.3, -0.25) is 14.9 Å². The number of hydrogen-bond acceptors (Lipinski definition) is 7. The molecule has 0 amide bonds. The van der Waals surface area contributed by atoms with E-state index in [0.29, 0.717) is 26.8 Å². The largest absolute Gasteiger partial charge is 0.479 e. The van der Waals surface area contributed by atoms with Gasteiger partial charge in [-0.25, -0.2) is 9.78 Å². The number of carboxylic acids is 1. The van der Waals surface area contributed by atoms with Crippen LogP contribution in [-0.4, -0.2) is 38.5 Å². The Hall–Kier alpha value is -3.12. The van der Waals surface area contributed by atoms with Gasteiger partial charge in [-0.1, -0.05) is 29.8 Å². The molecule has 12 heteroatoms. The molecule has 0 aliphatic rings. The van der Waals surface area contributed by atoms with Gasteiger partial charge in [-0.2, -0.15) is 9.78 Å². The number of aliphatic carboxylic acids is 1. The second kappa shape index (κ2) is 9.57. The fraction of sp³-hybridized carbons (Fsp3) is 0.200. The fourth-order valence-electron chi connectivity index (χ4n) is 2.86. The van der Waals surface area contributed by atoms with Crippen LogP contribution < -0.4 is 10.3 Å². The molecule has 10 nitrogen and oxygen atoms in total. The Morgan fingerprint density at radius 3 is 2.69 bits per heavy atom. The van der Waals surface area contributed by atoms with Crippen LogP contribution in [-0.2, 0) is 4.79 Å². The summed E-state index contributed by atoms with van der Waals surface area (Å²) in [5.74, 6) is -1.18. The maximum atomic E-state index is 13.1. The van der Waals surface area contributed by atoms with E-state index in [0.717, 1.165) is 4.68 Å². The molecule has 0 aliphatic heterocycles. The van der Waals surface area contributed by atoms with Gasteiger partial charge in [0.2, 0.25) is 5.75 Å². The second-order valence-electron chi connectivity index (χ2n) is 6.94. The lowest BCUT2D eigenvalue weighted by Gasteiger charge is -2.12.